The molecule has 8 heteroatoms. The van der Waals surface area contributed by atoms with Gasteiger partial charge < -0.3 is 25.2 Å². The van der Waals surface area contributed by atoms with Gasteiger partial charge in [-0.15, -0.1) is 0 Å². The highest BCUT2D eigenvalue weighted by Crippen LogP contribution is 2.12. The van der Waals surface area contributed by atoms with Crippen LogP contribution in [-0.2, 0) is 32.1 Å². The zero-order chi connectivity index (χ0) is 22.8. The highest BCUT2D eigenvalue weighted by atomic mass is 16.5. The average Bonchev–Trinajstić information content (AvgIpc) is 2.76. The maximum absolute atomic E-state index is 12.8. The van der Waals surface area contributed by atoms with E-state index in [2.05, 4.69) is 10.6 Å². The van der Waals surface area contributed by atoms with Crippen molar-refractivity contribution in [3.05, 3.63) is 65.7 Å². The first-order valence-electron chi connectivity index (χ1n) is 9.93. The van der Waals surface area contributed by atoms with Crippen LogP contribution in [0, 0.1) is 5.92 Å². The summed E-state index contributed by atoms with van der Waals surface area (Å²) in [5.74, 6) is -1.30. The number of rotatable bonds is 9. The van der Waals surface area contributed by atoms with Gasteiger partial charge in [0.25, 0.3) is 0 Å². The molecule has 0 aliphatic heterocycles. The van der Waals surface area contributed by atoms with E-state index in [0.29, 0.717) is 0 Å². The Morgan fingerprint density at radius 3 is 2.16 bits per heavy atom. The van der Waals surface area contributed by atoms with Crippen molar-refractivity contribution < 1.29 is 29.0 Å². The predicted molar refractivity (Wildman–Crippen MR) is 114 cm³/mol. The van der Waals surface area contributed by atoms with E-state index in [0.717, 1.165) is 11.1 Å². The second kappa shape index (κ2) is 11.6. The van der Waals surface area contributed by atoms with Gasteiger partial charge in [-0.2, -0.15) is 0 Å². The highest BCUT2D eigenvalue weighted by Gasteiger charge is 2.29. The van der Waals surface area contributed by atoms with E-state index < -0.39 is 30.1 Å². The lowest BCUT2D eigenvalue weighted by Crippen LogP contribution is -2.54. The minimum Gasteiger partial charge on any atom is -0.508 e. The minimum absolute atomic E-state index is 0.0742. The third-order valence-corrected chi connectivity index (χ3v) is 4.61. The van der Waals surface area contributed by atoms with Crippen LogP contribution in [0.1, 0.15) is 25.0 Å². The van der Waals surface area contributed by atoms with Crippen LogP contribution in [0.5, 0.6) is 5.75 Å². The molecular weight excluding hydrogens is 400 g/mol. The zero-order valence-electron chi connectivity index (χ0n) is 17.8. The Balaban J connectivity index is 2.00. The van der Waals surface area contributed by atoms with Crippen molar-refractivity contribution in [1.29, 1.82) is 0 Å². The number of phenols is 1. The van der Waals surface area contributed by atoms with Crippen LogP contribution in [0.4, 0.5) is 4.79 Å². The number of nitrogens with one attached hydrogen (secondary N) is 2. The molecule has 0 fully saturated rings. The molecule has 2 aromatic rings. The summed E-state index contributed by atoms with van der Waals surface area (Å²) < 4.78 is 10.00. The van der Waals surface area contributed by atoms with Crippen molar-refractivity contribution in [2.75, 3.05) is 7.11 Å². The maximum atomic E-state index is 12.8. The number of aromatic hydroxyl groups is 1. The van der Waals surface area contributed by atoms with Gasteiger partial charge in [0.05, 0.1) is 7.11 Å². The first-order valence-corrected chi connectivity index (χ1v) is 9.93. The van der Waals surface area contributed by atoms with Gasteiger partial charge in [0.1, 0.15) is 24.4 Å². The lowest BCUT2D eigenvalue weighted by molar-refractivity contribution is -0.145. The van der Waals surface area contributed by atoms with Gasteiger partial charge in [0, 0.05) is 6.42 Å². The molecule has 2 rings (SSSR count). The zero-order valence-corrected chi connectivity index (χ0v) is 17.8. The van der Waals surface area contributed by atoms with E-state index in [-0.39, 0.29) is 24.7 Å². The molecular formula is C23H28N2O6. The van der Waals surface area contributed by atoms with Crippen molar-refractivity contribution in [1.82, 2.24) is 10.6 Å². The molecule has 0 bridgehead atoms. The number of hydrogen-bond acceptors (Lipinski definition) is 6. The molecule has 2 amide bonds. The number of carbonyl (C=O) groups is 3. The first kappa shape index (κ1) is 23.7. The normalized spacial score (nSPS) is 12.5. The van der Waals surface area contributed by atoms with Crippen LogP contribution in [0.3, 0.4) is 0 Å². The summed E-state index contributed by atoms with van der Waals surface area (Å²) >= 11 is 0. The van der Waals surface area contributed by atoms with Crippen LogP contribution in [0.15, 0.2) is 54.6 Å². The molecule has 0 aliphatic rings. The lowest BCUT2D eigenvalue weighted by atomic mass is 10.0. The molecule has 0 aliphatic carbocycles. The number of ether oxygens (including phenoxy) is 2. The molecule has 0 radical (unpaired) electrons. The first-order chi connectivity index (χ1) is 14.8. The molecule has 2 aromatic carbocycles. The SMILES string of the molecule is COC(=O)[C@H](Cc1ccc(O)cc1)NC(=O)[C@H](NC(=O)OCc1ccccc1)C(C)C. The van der Waals surface area contributed by atoms with Crippen LogP contribution in [0.25, 0.3) is 0 Å². The van der Waals surface area contributed by atoms with Gasteiger partial charge in [-0.05, 0) is 29.2 Å². The number of benzene rings is 2. The van der Waals surface area contributed by atoms with E-state index in [1.165, 1.54) is 19.2 Å². The standard InChI is InChI=1S/C23H28N2O6/c1-15(2)20(25-23(29)31-14-17-7-5-4-6-8-17)21(27)24-19(22(28)30-3)13-16-9-11-18(26)12-10-16/h4-12,15,19-20,26H,13-14H2,1-3H3,(H,24,27)(H,25,29)/t19-,20+/m0/s1. The van der Waals surface area contributed by atoms with Crippen molar-refractivity contribution in [3.8, 4) is 5.75 Å². The number of phenolic OH excluding ortho intramolecular Hbond substituents is 1. The molecule has 0 saturated carbocycles. The Morgan fingerprint density at radius 1 is 0.935 bits per heavy atom. The van der Waals surface area contributed by atoms with Crippen molar-refractivity contribution in [3.63, 3.8) is 0 Å². The van der Waals surface area contributed by atoms with Gasteiger partial charge in [-0.3, -0.25) is 4.79 Å². The maximum Gasteiger partial charge on any atom is 0.408 e. The largest absolute Gasteiger partial charge is 0.508 e. The molecule has 0 spiro atoms. The number of carbonyl (C=O) groups excluding carboxylic acids is 3. The Labute approximate surface area is 181 Å². The van der Waals surface area contributed by atoms with Gasteiger partial charge in [-0.25, -0.2) is 9.59 Å². The monoisotopic (exact) mass is 428 g/mol. The molecule has 0 saturated heterocycles. The number of amides is 2. The summed E-state index contributed by atoms with van der Waals surface area (Å²) in [6, 6.07) is 13.6. The van der Waals surface area contributed by atoms with Crippen LogP contribution in [-0.4, -0.2) is 42.3 Å². The predicted octanol–water partition coefficient (Wildman–Crippen LogP) is 2.54. The number of alkyl carbamates (subject to hydrolysis) is 1. The average molecular weight is 428 g/mol. The number of hydrogen-bond donors (Lipinski definition) is 3. The van der Waals surface area contributed by atoms with E-state index in [1.807, 2.05) is 30.3 Å². The summed E-state index contributed by atoms with van der Waals surface area (Å²) in [5, 5.41) is 14.6. The molecule has 2 atom stereocenters. The van der Waals surface area contributed by atoms with Gasteiger partial charge in [0.2, 0.25) is 5.91 Å². The second-order valence-corrected chi connectivity index (χ2v) is 7.38. The van der Waals surface area contributed by atoms with Crippen molar-refractivity contribution in [2.24, 2.45) is 5.92 Å². The summed E-state index contributed by atoms with van der Waals surface area (Å²) in [5.41, 5.74) is 1.55. The third kappa shape index (κ3) is 7.65. The summed E-state index contributed by atoms with van der Waals surface area (Å²) in [7, 11) is 1.23. The Hall–Kier alpha value is -3.55. The topological polar surface area (TPSA) is 114 Å². The van der Waals surface area contributed by atoms with Crippen LogP contribution >= 0.6 is 0 Å². The number of esters is 1. The third-order valence-electron chi connectivity index (χ3n) is 4.61. The van der Waals surface area contributed by atoms with Crippen LogP contribution < -0.4 is 10.6 Å². The fraction of sp³-hybridized carbons (Fsp3) is 0.348. The Kier molecular flexibility index (Phi) is 8.87. The Morgan fingerprint density at radius 2 is 1.58 bits per heavy atom. The van der Waals surface area contributed by atoms with Gasteiger partial charge >= 0.3 is 12.1 Å². The fourth-order valence-corrected chi connectivity index (χ4v) is 2.89. The second-order valence-electron chi connectivity index (χ2n) is 7.38. The van der Waals surface area contributed by atoms with E-state index in [1.54, 1.807) is 26.0 Å². The quantitative estimate of drug-likeness (QED) is 0.529. The van der Waals surface area contributed by atoms with Gasteiger partial charge in [-0.1, -0.05) is 56.3 Å². The molecule has 0 heterocycles. The van der Waals surface area contributed by atoms with E-state index >= 15 is 0 Å². The van der Waals surface area contributed by atoms with Crippen molar-refractivity contribution in [2.45, 2.75) is 39.0 Å². The van der Waals surface area contributed by atoms with E-state index in [4.69, 9.17) is 9.47 Å². The fourth-order valence-electron chi connectivity index (χ4n) is 2.89. The molecule has 3 N–H and O–H groups in total. The van der Waals surface area contributed by atoms with Crippen molar-refractivity contribution >= 4 is 18.0 Å². The van der Waals surface area contributed by atoms with Gasteiger partial charge in [0.15, 0.2) is 0 Å². The summed E-state index contributed by atoms with van der Waals surface area (Å²) in [6.07, 6.45) is -0.562. The van der Waals surface area contributed by atoms with E-state index in [9.17, 15) is 19.5 Å². The molecule has 8 nitrogen and oxygen atoms in total. The number of methoxy groups -OCH3 is 1. The summed E-state index contributed by atoms with van der Waals surface area (Å²) in [4.78, 5) is 37.2. The molecule has 0 aromatic heterocycles. The lowest BCUT2D eigenvalue weighted by Gasteiger charge is -2.24. The minimum atomic E-state index is -0.953. The molecule has 0 unspecified atom stereocenters. The molecule has 31 heavy (non-hydrogen) atoms. The summed E-state index contributed by atoms with van der Waals surface area (Å²) in [6.45, 7) is 3.62. The smallest absolute Gasteiger partial charge is 0.408 e. The molecule has 166 valence electrons. The highest BCUT2D eigenvalue weighted by molar-refractivity contribution is 5.90. The van der Waals surface area contributed by atoms with Crippen LogP contribution in [0.2, 0.25) is 0 Å². The Bertz CT molecular complexity index is 867.